The Balaban J connectivity index is 1.54. The number of hydrogen-bond donors (Lipinski definition) is 0. The van der Waals surface area contributed by atoms with Crippen LogP contribution < -0.4 is 24.4 Å². The highest BCUT2D eigenvalue weighted by molar-refractivity contribution is 9.10. The number of nitrogens with zero attached hydrogens (tertiary/aromatic N) is 2. The van der Waals surface area contributed by atoms with E-state index in [0.29, 0.717) is 44.3 Å². The molecule has 1 aliphatic heterocycles. The molecule has 1 aromatic heterocycles. The van der Waals surface area contributed by atoms with Crippen LogP contribution in [0.15, 0.2) is 110 Å². The number of aromatic nitrogens is 1. The van der Waals surface area contributed by atoms with Gasteiger partial charge in [0.1, 0.15) is 24.1 Å². The van der Waals surface area contributed by atoms with Gasteiger partial charge in [-0.25, -0.2) is 9.79 Å². The molecule has 1 aliphatic rings. The SMILES string of the molecule is CCOC(=O)C1=C(C)N=c2s/c(=C\c3c(OCc4ccc(Br)cc4)ccc4ccccc34)c(=O)n2[C@@H]1c1ccccc1OC(C)C. The van der Waals surface area contributed by atoms with Gasteiger partial charge < -0.3 is 14.2 Å². The number of fused-ring (bicyclic) bond motifs is 2. The Bertz CT molecular complexity index is 2150. The van der Waals surface area contributed by atoms with E-state index in [1.807, 2.05) is 105 Å². The molecule has 0 fully saturated rings. The number of carbonyl (C=O) groups is 1. The van der Waals surface area contributed by atoms with E-state index in [4.69, 9.17) is 19.2 Å². The number of allylic oxidation sites excluding steroid dienone is 1. The normalized spacial score (nSPS) is 14.7. The minimum atomic E-state index is -0.784. The summed E-state index contributed by atoms with van der Waals surface area (Å²) in [5.41, 5.74) is 3.04. The zero-order valence-electron chi connectivity index (χ0n) is 26.0. The fraction of sp³-hybridized carbons (Fsp3) is 0.216. The van der Waals surface area contributed by atoms with Gasteiger partial charge in [-0.3, -0.25) is 9.36 Å². The van der Waals surface area contributed by atoms with Crippen molar-refractivity contribution in [2.24, 2.45) is 4.99 Å². The van der Waals surface area contributed by atoms with Crippen molar-refractivity contribution in [2.75, 3.05) is 6.61 Å². The molecule has 0 N–H and O–H groups in total. The molecule has 4 aromatic carbocycles. The van der Waals surface area contributed by atoms with E-state index in [0.717, 1.165) is 26.4 Å². The van der Waals surface area contributed by atoms with Crippen LogP contribution in [0.3, 0.4) is 0 Å². The van der Waals surface area contributed by atoms with Gasteiger partial charge in [-0.1, -0.05) is 87.9 Å². The number of hydrogen-bond acceptors (Lipinski definition) is 7. The Morgan fingerprint density at radius 3 is 2.50 bits per heavy atom. The van der Waals surface area contributed by atoms with Crippen molar-refractivity contribution in [2.45, 2.75) is 46.4 Å². The van der Waals surface area contributed by atoms with Gasteiger partial charge in [-0.15, -0.1) is 0 Å². The lowest BCUT2D eigenvalue weighted by Gasteiger charge is -2.26. The highest BCUT2D eigenvalue weighted by atomic mass is 79.9. The van der Waals surface area contributed by atoms with Gasteiger partial charge in [0, 0.05) is 15.6 Å². The molecule has 1 atom stereocenters. The van der Waals surface area contributed by atoms with E-state index >= 15 is 0 Å². The molecule has 0 amide bonds. The number of esters is 1. The molecule has 2 heterocycles. The lowest BCUT2D eigenvalue weighted by Crippen LogP contribution is -2.40. The second-order valence-corrected chi connectivity index (χ2v) is 13.0. The number of ether oxygens (including phenoxy) is 3. The lowest BCUT2D eigenvalue weighted by molar-refractivity contribution is -0.139. The molecule has 0 radical (unpaired) electrons. The monoisotopic (exact) mass is 696 g/mol. The summed E-state index contributed by atoms with van der Waals surface area (Å²) >= 11 is 4.76. The Kier molecular flexibility index (Phi) is 9.24. The van der Waals surface area contributed by atoms with Crippen molar-refractivity contribution in [3.05, 3.63) is 137 Å². The Hall–Kier alpha value is -4.47. The maximum Gasteiger partial charge on any atom is 0.338 e. The van der Waals surface area contributed by atoms with Gasteiger partial charge in [-0.2, -0.15) is 0 Å². The zero-order valence-corrected chi connectivity index (χ0v) is 28.4. The van der Waals surface area contributed by atoms with Crippen LogP contribution in [0.25, 0.3) is 16.8 Å². The van der Waals surface area contributed by atoms with Crippen LogP contribution in [0.2, 0.25) is 0 Å². The maximum atomic E-state index is 14.4. The van der Waals surface area contributed by atoms with Gasteiger partial charge in [0.05, 0.1) is 28.5 Å². The first-order valence-electron chi connectivity index (χ1n) is 15.1. The van der Waals surface area contributed by atoms with Crippen LogP contribution in [-0.4, -0.2) is 23.2 Å². The highest BCUT2D eigenvalue weighted by Crippen LogP contribution is 2.36. The number of rotatable bonds is 9. The van der Waals surface area contributed by atoms with Crippen LogP contribution in [-0.2, 0) is 16.1 Å². The molecular formula is C37H33BrN2O5S. The number of halogens is 1. The first kappa shape index (κ1) is 31.5. The van der Waals surface area contributed by atoms with Crippen LogP contribution in [0, 0.1) is 0 Å². The predicted octanol–water partition coefficient (Wildman–Crippen LogP) is 7.08. The van der Waals surface area contributed by atoms with Crippen molar-refractivity contribution in [3.8, 4) is 11.5 Å². The number of para-hydroxylation sites is 1. The topological polar surface area (TPSA) is 79.1 Å². The number of carbonyl (C=O) groups excluding carboxylic acids is 1. The van der Waals surface area contributed by atoms with Gasteiger partial charge in [0.2, 0.25) is 0 Å². The van der Waals surface area contributed by atoms with Gasteiger partial charge >= 0.3 is 5.97 Å². The molecule has 0 spiro atoms. The zero-order chi connectivity index (χ0) is 32.4. The number of benzene rings is 4. The fourth-order valence-electron chi connectivity index (χ4n) is 5.58. The van der Waals surface area contributed by atoms with Crippen molar-refractivity contribution >= 4 is 50.1 Å². The molecule has 234 valence electrons. The summed E-state index contributed by atoms with van der Waals surface area (Å²) in [6.45, 7) is 7.98. The van der Waals surface area contributed by atoms with Crippen molar-refractivity contribution in [3.63, 3.8) is 0 Å². The summed E-state index contributed by atoms with van der Waals surface area (Å²) in [6, 6.07) is 26.7. The molecule has 46 heavy (non-hydrogen) atoms. The molecule has 5 aromatic rings. The molecule has 0 aliphatic carbocycles. The van der Waals surface area contributed by atoms with Crippen molar-refractivity contribution in [1.29, 1.82) is 0 Å². The number of thiazole rings is 1. The summed E-state index contributed by atoms with van der Waals surface area (Å²) in [6.07, 6.45) is 1.76. The van der Waals surface area contributed by atoms with Gasteiger partial charge in [0.15, 0.2) is 4.80 Å². The smallest absolute Gasteiger partial charge is 0.338 e. The molecule has 6 rings (SSSR count). The average Bonchev–Trinajstić information content (AvgIpc) is 3.34. The summed E-state index contributed by atoms with van der Waals surface area (Å²) < 4.78 is 21.1. The molecule has 0 unspecified atom stereocenters. The van der Waals surface area contributed by atoms with Gasteiger partial charge in [-0.05, 0) is 74.4 Å². The Morgan fingerprint density at radius 2 is 1.74 bits per heavy atom. The third-order valence-electron chi connectivity index (χ3n) is 7.61. The molecule has 7 nitrogen and oxygen atoms in total. The van der Waals surface area contributed by atoms with Crippen LogP contribution in [0.1, 0.15) is 50.4 Å². The third-order valence-corrected chi connectivity index (χ3v) is 9.12. The molecule has 0 bridgehead atoms. The minimum absolute atomic E-state index is 0.115. The predicted molar refractivity (Wildman–Crippen MR) is 185 cm³/mol. The third kappa shape index (κ3) is 6.30. The second kappa shape index (κ2) is 13.5. The quantitative estimate of drug-likeness (QED) is 0.154. The van der Waals surface area contributed by atoms with E-state index in [1.54, 1.807) is 18.4 Å². The first-order valence-corrected chi connectivity index (χ1v) is 16.7. The van der Waals surface area contributed by atoms with Crippen LogP contribution in [0.5, 0.6) is 11.5 Å². The summed E-state index contributed by atoms with van der Waals surface area (Å²) in [7, 11) is 0. The van der Waals surface area contributed by atoms with E-state index in [9.17, 15) is 9.59 Å². The summed E-state index contributed by atoms with van der Waals surface area (Å²) in [5.74, 6) is 0.731. The van der Waals surface area contributed by atoms with E-state index < -0.39 is 12.0 Å². The van der Waals surface area contributed by atoms with Crippen molar-refractivity contribution < 1.29 is 19.0 Å². The fourth-order valence-corrected chi connectivity index (χ4v) is 6.87. The Labute approximate surface area is 279 Å². The molecule has 0 saturated heterocycles. The van der Waals surface area contributed by atoms with Gasteiger partial charge in [0.25, 0.3) is 5.56 Å². The van der Waals surface area contributed by atoms with Crippen molar-refractivity contribution in [1.82, 2.24) is 4.57 Å². The van der Waals surface area contributed by atoms with E-state index in [-0.39, 0.29) is 18.3 Å². The standard InChI is InChI=1S/C37H33BrN2O5S/c1-5-43-36(42)33-23(4)39-37-40(34(33)28-12-8-9-13-31(28)45-22(2)3)35(41)32(46-37)20-29-27-11-7-6-10-25(27)16-19-30(29)44-21-24-14-17-26(38)18-15-24/h6-20,22,34H,5,21H2,1-4H3/b32-20-/t34-/m1/s1. The average molecular weight is 698 g/mol. The maximum absolute atomic E-state index is 14.4. The Morgan fingerprint density at radius 1 is 1.00 bits per heavy atom. The van der Waals surface area contributed by atoms with Crippen LogP contribution in [0.4, 0.5) is 0 Å². The molecular weight excluding hydrogens is 664 g/mol. The lowest BCUT2D eigenvalue weighted by atomic mass is 9.95. The highest BCUT2D eigenvalue weighted by Gasteiger charge is 2.35. The minimum Gasteiger partial charge on any atom is -0.491 e. The summed E-state index contributed by atoms with van der Waals surface area (Å²) in [5, 5.41) is 1.98. The first-order chi connectivity index (χ1) is 22.2. The summed E-state index contributed by atoms with van der Waals surface area (Å²) in [4.78, 5) is 33.1. The van der Waals surface area contributed by atoms with E-state index in [2.05, 4.69) is 15.9 Å². The van der Waals surface area contributed by atoms with Crippen LogP contribution >= 0.6 is 27.3 Å². The van der Waals surface area contributed by atoms with E-state index in [1.165, 1.54) is 11.3 Å². The molecule has 0 saturated carbocycles. The second-order valence-electron chi connectivity index (χ2n) is 11.1. The largest absolute Gasteiger partial charge is 0.491 e. The molecule has 9 heteroatoms.